The number of hydrogen-bond donors (Lipinski definition) is 0. The second-order valence-corrected chi connectivity index (χ2v) is 6.37. The number of fused-ring (bicyclic) bond motifs is 1. The van der Waals surface area contributed by atoms with Crippen LogP contribution >= 0.6 is 0 Å². The second-order valence-electron chi connectivity index (χ2n) is 6.37. The first-order chi connectivity index (χ1) is 10.3. The second kappa shape index (κ2) is 5.95. The lowest BCUT2D eigenvalue weighted by Crippen LogP contribution is -2.50. The number of nitrogens with zero attached hydrogens (tertiary/aromatic N) is 1. The summed E-state index contributed by atoms with van der Waals surface area (Å²) in [6.07, 6.45) is 2.04. The summed E-state index contributed by atoms with van der Waals surface area (Å²) in [5.74, 6) is -0.290. The van der Waals surface area contributed by atoms with E-state index < -0.39 is 11.7 Å². The summed E-state index contributed by atoms with van der Waals surface area (Å²) in [6.45, 7) is 9.28. The standard InChI is InChI=1S/C18H23NO3/c1-6-12-13-10-8-9-11-14(13)16(20)19(15(12)7-2)17(21)22-18(3,4)5/h6,8-11,15H,7H2,1-5H3/b12-6+/t15-/m1/s1. The van der Waals surface area contributed by atoms with Crippen LogP contribution in [0.2, 0.25) is 0 Å². The summed E-state index contributed by atoms with van der Waals surface area (Å²) in [4.78, 5) is 26.5. The van der Waals surface area contributed by atoms with Crippen molar-refractivity contribution < 1.29 is 14.3 Å². The molecule has 1 aliphatic heterocycles. The van der Waals surface area contributed by atoms with E-state index in [-0.39, 0.29) is 11.9 Å². The minimum absolute atomic E-state index is 0.290. The van der Waals surface area contributed by atoms with Crippen LogP contribution in [0.3, 0.4) is 0 Å². The molecule has 4 nitrogen and oxygen atoms in total. The Hall–Kier alpha value is -2.10. The maximum Gasteiger partial charge on any atom is 0.417 e. The summed E-state index contributed by atoms with van der Waals surface area (Å²) >= 11 is 0. The van der Waals surface area contributed by atoms with Crippen LogP contribution in [-0.2, 0) is 4.74 Å². The molecule has 0 aliphatic carbocycles. The Kier molecular flexibility index (Phi) is 4.40. The predicted octanol–water partition coefficient (Wildman–Crippen LogP) is 4.26. The van der Waals surface area contributed by atoms with Gasteiger partial charge in [0.2, 0.25) is 0 Å². The van der Waals surface area contributed by atoms with Gasteiger partial charge in [0.05, 0.1) is 6.04 Å². The minimum Gasteiger partial charge on any atom is -0.443 e. The number of amides is 2. The number of ether oxygens (including phenoxy) is 1. The Labute approximate surface area is 131 Å². The number of hydrogen-bond acceptors (Lipinski definition) is 3. The molecule has 1 heterocycles. The fourth-order valence-electron chi connectivity index (χ4n) is 2.78. The number of imide groups is 1. The Morgan fingerprint density at radius 1 is 1.27 bits per heavy atom. The Morgan fingerprint density at radius 2 is 1.86 bits per heavy atom. The number of carbonyl (C=O) groups excluding carboxylic acids is 2. The van der Waals surface area contributed by atoms with Gasteiger partial charge in [-0.1, -0.05) is 31.2 Å². The molecule has 4 heteroatoms. The number of allylic oxidation sites excluding steroid dienone is 1. The van der Waals surface area contributed by atoms with Gasteiger partial charge in [-0.15, -0.1) is 0 Å². The van der Waals surface area contributed by atoms with Gasteiger partial charge in [-0.3, -0.25) is 4.79 Å². The third-order valence-electron chi connectivity index (χ3n) is 3.65. The third kappa shape index (κ3) is 2.91. The van der Waals surface area contributed by atoms with Crippen molar-refractivity contribution in [2.24, 2.45) is 0 Å². The molecular weight excluding hydrogens is 278 g/mol. The molecule has 0 unspecified atom stereocenters. The summed E-state index contributed by atoms with van der Waals surface area (Å²) < 4.78 is 5.43. The van der Waals surface area contributed by atoms with Crippen LogP contribution in [-0.4, -0.2) is 28.5 Å². The highest BCUT2D eigenvalue weighted by Gasteiger charge is 2.40. The van der Waals surface area contributed by atoms with Crippen molar-refractivity contribution in [3.63, 3.8) is 0 Å². The lowest BCUT2D eigenvalue weighted by Gasteiger charge is -2.37. The molecule has 1 aromatic rings. The molecule has 0 aromatic heterocycles. The molecule has 0 saturated carbocycles. The highest BCUT2D eigenvalue weighted by atomic mass is 16.6. The Morgan fingerprint density at radius 3 is 2.36 bits per heavy atom. The zero-order chi connectivity index (χ0) is 16.5. The van der Waals surface area contributed by atoms with Crippen LogP contribution in [0, 0.1) is 0 Å². The first-order valence-electron chi connectivity index (χ1n) is 7.62. The van der Waals surface area contributed by atoms with E-state index in [0.29, 0.717) is 12.0 Å². The first-order valence-corrected chi connectivity index (χ1v) is 7.62. The van der Waals surface area contributed by atoms with E-state index in [0.717, 1.165) is 11.1 Å². The van der Waals surface area contributed by atoms with E-state index >= 15 is 0 Å². The highest BCUT2D eigenvalue weighted by Crippen LogP contribution is 2.34. The molecular formula is C18H23NO3. The Bertz CT molecular complexity index is 625. The van der Waals surface area contributed by atoms with E-state index in [1.165, 1.54) is 4.90 Å². The zero-order valence-electron chi connectivity index (χ0n) is 13.8. The first kappa shape index (κ1) is 16.3. The molecule has 0 radical (unpaired) electrons. The van der Waals surface area contributed by atoms with E-state index in [2.05, 4.69) is 0 Å². The van der Waals surface area contributed by atoms with Crippen molar-refractivity contribution in [1.82, 2.24) is 4.90 Å². The van der Waals surface area contributed by atoms with E-state index in [4.69, 9.17) is 4.74 Å². The summed E-state index contributed by atoms with van der Waals surface area (Å²) in [7, 11) is 0. The summed E-state index contributed by atoms with van der Waals surface area (Å²) in [5, 5.41) is 0. The molecule has 0 spiro atoms. The molecule has 0 fully saturated rings. The fourth-order valence-corrected chi connectivity index (χ4v) is 2.78. The van der Waals surface area contributed by atoms with Crippen LogP contribution in [0.5, 0.6) is 0 Å². The van der Waals surface area contributed by atoms with Gasteiger partial charge in [-0.2, -0.15) is 0 Å². The normalized spacial score (nSPS) is 20.0. The molecule has 1 atom stereocenters. The zero-order valence-corrected chi connectivity index (χ0v) is 13.8. The molecule has 1 aromatic carbocycles. The molecule has 0 bridgehead atoms. The molecule has 0 saturated heterocycles. The lowest BCUT2D eigenvalue weighted by molar-refractivity contribution is 0.0194. The van der Waals surface area contributed by atoms with Crippen molar-refractivity contribution in [2.45, 2.75) is 52.7 Å². The lowest BCUT2D eigenvalue weighted by atomic mass is 9.87. The molecule has 22 heavy (non-hydrogen) atoms. The molecule has 2 amide bonds. The largest absolute Gasteiger partial charge is 0.443 e. The van der Waals surface area contributed by atoms with Crippen LogP contribution in [0.15, 0.2) is 30.3 Å². The van der Waals surface area contributed by atoms with Crippen molar-refractivity contribution in [3.8, 4) is 0 Å². The molecule has 0 N–H and O–H groups in total. The van der Waals surface area contributed by atoms with E-state index in [9.17, 15) is 9.59 Å². The summed E-state index contributed by atoms with van der Waals surface area (Å²) in [6, 6.07) is 7.11. The predicted molar refractivity (Wildman–Crippen MR) is 86.6 cm³/mol. The SMILES string of the molecule is C/C=C1\c2ccccc2C(=O)N(C(=O)OC(C)(C)C)[C@@H]1CC. The van der Waals surface area contributed by atoms with Gasteiger partial charge < -0.3 is 4.74 Å². The van der Waals surface area contributed by atoms with E-state index in [1.54, 1.807) is 26.8 Å². The van der Waals surface area contributed by atoms with Crippen LogP contribution in [0.25, 0.3) is 5.57 Å². The van der Waals surface area contributed by atoms with Crippen molar-refractivity contribution in [1.29, 1.82) is 0 Å². The molecule has 1 aliphatic rings. The molecule has 2 rings (SSSR count). The average molecular weight is 301 g/mol. The van der Waals surface area contributed by atoms with Crippen molar-refractivity contribution in [2.75, 3.05) is 0 Å². The number of carbonyl (C=O) groups is 2. The van der Waals surface area contributed by atoms with Crippen molar-refractivity contribution >= 4 is 17.6 Å². The van der Waals surface area contributed by atoms with Gasteiger partial charge in [0.1, 0.15) is 5.60 Å². The number of rotatable bonds is 1. The Balaban J connectivity index is 2.51. The van der Waals surface area contributed by atoms with Crippen LogP contribution in [0.4, 0.5) is 4.79 Å². The topological polar surface area (TPSA) is 46.6 Å². The van der Waals surface area contributed by atoms with Crippen LogP contribution in [0.1, 0.15) is 57.0 Å². The van der Waals surface area contributed by atoms with Gasteiger partial charge in [-0.25, -0.2) is 9.69 Å². The van der Waals surface area contributed by atoms with Crippen LogP contribution < -0.4 is 0 Å². The van der Waals surface area contributed by atoms with Gasteiger partial charge in [0.25, 0.3) is 5.91 Å². The van der Waals surface area contributed by atoms with Gasteiger partial charge in [0.15, 0.2) is 0 Å². The van der Waals surface area contributed by atoms with Gasteiger partial charge in [-0.05, 0) is 51.3 Å². The van der Waals surface area contributed by atoms with Gasteiger partial charge >= 0.3 is 6.09 Å². The number of benzene rings is 1. The minimum atomic E-state index is -0.636. The maximum absolute atomic E-state index is 12.8. The molecule has 118 valence electrons. The highest BCUT2D eigenvalue weighted by molar-refractivity contribution is 6.10. The van der Waals surface area contributed by atoms with E-state index in [1.807, 2.05) is 38.1 Å². The van der Waals surface area contributed by atoms with Gasteiger partial charge in [0, 0.05) is 5.56 Å². The third-order valence-corrected chi connectivity index (χ3v) is 3.65. The maximum atomic E-state index is 12.8. The smallest absolute Gasteiger partial charge is 0.417 e. The quantitative estimate of drug-likeness (QED) is 0.778. The monoisotopic (exact) mass is 301 g/mol. The fraction of sp³-hybridized carbons (Fsp3) is 0.444. The average Bonchev–Trinajstić information content (AvgIpc) is 2.45. The summed E-state index contributed by atoms with van der Waals surface area (Å²) in [5.41, 5.74) is 1.80. The van der Waals surface area contributed by atoms with Crippen molar-refractivity contribution in [3.05, 3.63) is 41.5 Å².